The number of hydrogen-bond donors (Lipinski definition) is 1. The molecule has 1 aromatic heterocycles. The van der Waals surface area contributed by atoms with Crippen LogP contribution >= 0.6 is 0 Å². The van der Waals surface area contributed by atoms with E-state index < -0.39 is 0 Å². The van der Waals surface area contributed by atoms with Crippen molar-refractivity contribution < 1.29 is 4.74 Å². The van der Waals surface area contributed by atoms with Crippen LogP contribution in [0.2, 0.25) is 0 Å². The second kappa shape index (κ2) is 7.51. The van der Waals surface area contributed by atoms with Gasteiger partial charge in [-0.15, -0.1) is 0 Å². The fraction of sp³-hybridized carbons (Fsp3) is 0.769. The Morgan fingerprint density at radius 3 is 2.67 bits per heavy atom. The van der Waals surface area contributed by atoms with E-state index in [9.17, 15) is 0 Å². The van der Waals surface area contributed by atoms with Crippen molar-refractivity contribution in [3.63, 3.8) is 0 Å². The van der Waals surface area contributed by atoms with Gasteiger partial charge >= 0.3 is 0 Å². The molecule has 0 aliphatic heterocycles. The second-order valence-corrected chi connectivity index (χ2v) is 4.71. The molecule has 2 N–H and O–H groups in total. The molecule has 0 fully saturated rings. The highest BCUT2D eigenvalue weighted by molar-refractivity contribution is 5.11. The molecule has 1 rings (SSSR count). The molecule has 0 radical (unpaired) electrons. The van der Waals surface area contributed by atoms with E-state index in [-0.39, 0.29) is 6.04 Å². The molecular weight excluding hydrogens is 228 g/mol. The summed E-state index contributed by atoms with van der Waals surface area (Å²) in [6.07, 6.45) is 4.00. The van der Waals surface area contributed by atoms with Gasteiger partial charge in [0.05, 0.1) is 18.8 Å². The molecule has 0 saturated heterocycles. The van der Waals surface area contributed by atoms with Gasteiger partial charge in [0.15, 0.2) is 0 Å². The SMILES string of the molecule is CCn1cc(C(CN)N(CCOC)C(C)C)cn1. The first kappa shape index (κ1) is 15.1. The molecule has 0 aromatic carbocycles. The highest BCUT2D eigenvalue weighted by Gasteiger charge is 2.22. The third-order valence-corrected chi connectivity index (χ3v) is 3.20. The Morgan fingerprint density at radius 1 is 1.50 bits per heavy atom. The zero-order valence-electron chi connectivity index (χ0n) is 12.0. The van der Waals surface area contributed by atoms with E-state index in [1.807, 2.05) is 10.9 Å². The number of rotatable bonds is 8. The van der Waals surface area contributed by atoms with E-state index in [0.29, 0.717) is 12.6 Å². The molecule has 1 heterocycles. The van der Waals surface area contributed by atoms with Gasteiger partial charge in [-0.05, 0) is 20.8 Å². The Kier molecular flexibility index (Phi) is 6.32. The maximum atomic E-state index is 5.95. The molecule has 0 spiro atoms. The molecule has 0 bridgehead atoms. The van der Waals surface area contributed by atoms with Gasteiger partial charge in [0, 0.05) is 44.5 Å². The zero-order chi connectivity index (χ0) is 13.5. The molecule has 1 atom stereocenters. The normalized spacial score (nSPS) is 13.5. The summed E-state index contributed by atoms with van der Waals surface area (Å²) in [7, 11) is 1.73. The minimum absolute atomic E-state index is 0.209. The summed E-state index contributed by atoms with van der Waals surface area (Å²) in [6, 6.07) is 0.638. The van der Waals surface area contributed by atoms with Crippen molar-refractivity contribution in [3.05, 3.63) is 18.0 Å². The van der Waals surface area contributed by atoms with Crippen LogP contribution in [0.5, 0.6) is 0 Å². The maximum Gasteiger partial charge on any atom is 0.0590 e. The molecule has 5 nitrogen and oxygen atoms in total. The Morgan fingerprint density at radius 2 is 2.22 bits per heavy atom. The smallest absolute Gasteiger partial charge is 0.0590 e. The van der Waals surface area contributed by atoms with E-state index >= 15 is 0 Å². The first-order valence-electron chi connectivity index (χ1n) is 6.61. The lowest BCUT2D eigenvalue weighted by molar-refractivity contribution is 0.0979. The average molecular weight is 254 g/mol. The highest BCUT2D eigenvalue weighted by atomic mass is 16.5. The molecule has 0 aliphatic rings. The Hall–Kier alpha value is -0.910. The highest BCUT2D eigenvalue weighted by Crippen LogP contribution is 2.21. The number of methoxy groups -OCH3 is 1. The van der Waals surface area contributed by atoms with Crippen molar-refractivity contribution in [3.8, 4) is 0 Å². The third-order valence-electron chi connectivity index (χ3n) is 3.20. The lowest BCUT2D eigenvalue weighted by Crippen LogP contribution is -2.40. The van der Waals surface area contributed by atoms with Gasteiger partial charge in [-0.3, -0.25) is 9.58 Å². The number of ether oxygens (including phenoxy) is 1. The summed E-state index contributed by atoms with van der Waals surface area (Å²) in [5.74, 6) is 0. The molecule has 0 saturated carbocycles. The Labute approximate surface area is 110 Å². The van der Waals surface area contributed by atoms with Gasteiger partial charge in [-0.1, -0.05) is 0 Å². The van der Waals surface area contributed by atoms with E-state index in [1.165, 1.54) is 5.56 Å². The Balaban J connectivity index is 2.83. The lowest BCUT2D eigenvalue weighted by Gasteiger charge is -2.33. The van der Waals surface area contributed by atoms with Gasteiger partial charge in [0.25, 0.3) is 0 Å². The van der Waals surface area contributed by atoms with Gasteiger partial charge in [0.1, 0.15) is 0 Å². The minimum Gasteiger partial charge on any atom is -0.383 e. The molecule has 5 heteroatoms. The fourth-order valence-electron chi connectivity index (χ4n) is 2.16. The van der Waals surface area contributed by atoms with Crippen LogP contribution in [0.1, 0.15) is 32.4 Å². The van der Waals surface area contributed by atoms with E-state index in [4.69, 9.17) is 10.5 Å². The average Bonchev–Trinajstić information content (AvgIpc) is 2.82. The number of nitrogens with zero attached hydrogens (tertiary/aromatic N) is 3. The van der Waals surface area contributed by atoms with Crippen molar-refractivity contribution in [2.24, 2.45) is 5.73 Å². The van der Waals surface area contributed by atoms with Crippen LogP contribution in [0.25, 0.3) is 0 Å². The number of nitrogens with two attached hydrogens (primary N) is 1. The van der Waals surface area contributed by atoms with Crippen LogP contribution in [-0.2, 0) is 11.3 Å². The topological polar surface area (TPSA) is 56.3 Å². The zero-order valence-corrected chi connectivity index (χ0v) is 12.0. The van der Waals surface area contributed by atoms with Gasteiger partial charge < -0.3 is 10.5 Å². The molecule has 18 heavy (non-hydrogen) atoms. The molecule has 0 aliphatic carbocycles. The predicted molar refractivity (Wildman–Crippen MR) is 73.4 cm³/mol. The maximum absolute atomic E-state index is 5.95. The van der Waals surface area contributed by atoms with Crippen LogP contribution in [0.15, 0.2) is 12.4 Å². The molecular formula is C13H26N4O. The summed E-state index contributed by atoms with van der Waals surface area (Å²) >= 11 is 0. The van der Waals surface area contributed by atoms with Crippen molar-refractivity contribution in [2.75, 3.05) is 26.8 Å². The summed E-state index contributed by atoms with van der Waals surface area (Å²) in [4.78, 5) is 2.36. The van der Waals surface area contributed by atoms with Crippen LogP contribution < -0.4 is 5.73 Å². The number of hydrogen-bond acceptors (Lipinski definition) is 4. The van der Waals surface area contributed by atoms with E-state index in [1.54, 1.807) is 7.11 Å². The van der Waals surface area contributed by atoms with E-state index in [2.05, 4.69) is 37.0 Å². The van der Waals surface area contributed by atoms with Crippen LogP contribution in [0.4, 0.5) is 0 Å². The number of aromatic nitrogens is 2. The largest absolute Gasteiger partial charge is 0.383 e. The Bertz CT molecular complexity index is 337. The van der Waals surface area contributed by atoms with Gasteiger partial charge in [-0.2, -0.15) is 5.10 Å². The van der Waals surface area contributed by atoms with Crippen molar-refractivity contribution in [1.82, 2.24) is 14.7 Å². The fourth-order valence-corrected chi connectivity index (χ4v) is 2.16. The van der Waals surface area contributed by atoms with Crippen molar-refractivity contribution in [2.45, 2.75) is 39.4 Å². The first-order chi connectivity index (χ1) is 8.63. The van der Waals surface area contributed by atoms with Crippen molar-refractivity contribution >= 4 is 0 Å². The van der Waals surface area contributed by atoms with E-state index in [0.717, 1.165) is 19.7 Å². The second-order valence-electron chi connectivity index (χ2n) is 4.71. The van der Waals surface area contributed by atoms with Crippen LogP contribution in [0, 0.1) is 0 Å². The third kappa shape index (κ3) is 3.80. The standard InChI is InChI=1S/C13H26N4O/c1-5-16-10-12(9-15-16)13(8-14)17(11(2)3)6-7-18-4/h9-11,13H,5-8,14H2,1-4H3. The van der Waals surface area contributed by atoms with Gasteiger partial charge in [-0.25, -0.2) is 0 Å². The molecule has 1 unspecified atom stereocenters. The summed E-state index contributed by atoms with van der Waals surface area (Å²) in [5.41, 5.74) is 7.13. The molecule has 1 aromatic rings. The monoisotopic (exact) mass is 254 g/mol. The molecule has 0 amide bonds. The van der Waals surface area contributed by atoms with Crippen LogP contribution in [0.3, 0.4) is 0 Å². The first-order valence-corrected chi connectivity index (χ1v) is 6.61. The quantitative estimate of drug-likeness (QED) is 0.759. The minimum atomic E-state index is 0.209. The summed E-state index contributed by atoms with van der Waals surface area (Å²) < 4.78 is 7.11. The molecule has 104 valence electrons. The predicted octanol–water partition coefficient (Wildman–Crippen LogP) is 1.26. The summed E-state index contributed by atoms with van der Waals surface area (Å²) in [6.45, 7) is 9.53. The van der Waals surface area contributed by atoms with Crippen molar-refractivity contribution in [1.29, 1.82) is 0 Å². The van der Waals surface area contributed by atoms with Crippen LogP contribution in [-0.4, -0.2) is 47.5 Å². The number of aryl methyl sites for hydroxylation is 1. The van der Waals surface area contributed by atoms with Gasteiger partial charge in [0.2, 0.25) is 0 Å². The summed E-state index contributed by atoms with van der Waals surface area (Å²) in [5, 5.41) is 4.33. The lowest BCUT2D eigenvalue weighted by atomic mass is 10.1.